The molecule has 0 atom stereocenters. The Kier molecular flexibility index (Phi) is 4.37. The maximum atomic E-state index is 4.25. The molecule has 3 nitrogen and oxygen atoms in total. The van der Waals surface area contributed by atoms with Gasteiger partial charge >= 0.3 is 0 Å². The van der Waals surface area contributed by atoms with E-state index in [1.165, 1.54) is 43.4 Å². The van der Waals surface area contributed by atoms with Gasteiger partial charge in [-0.1, -0.05) is 11.6 Å². The zero-order chi connectivity index (χ0) is 12.1. The van der Waals surface area contributed by atoms with Gasteiger partial charge in [0.1, 0.15) is 0 Å². The zero-order valence-electron chi connectivity index (χ0n) is 11.0. The first-order valence-electron chi connectivity index (χ1n) is 6.63. The number of allylic oxidation sites excluding steroid dienone is 1. The topological polar surface area (TPSA) is 29.9 Å². The number of aryl methyl sites for hydroxylation is 1. The Morgan fingerprint density at radius 3 is 2.94 bits per heavy atom. The van der Waals surface area contributed by atoms with Crippen molar-refractivity contribution in [2.45, 2.75) is 45.6 Å². The number of hydrogen-bond acceptors (Lipinski definition) is 2. The van der Waals surface area contributed by atoms with Crippen molar-refractivity contribution < 1.29 is 0 Å². The lowest BCUT2D eigenvalue weighted by Crippen LogP contribution is -2.16. The summed E-state index contributed by atoms with van der Waals surface area (Å²) < 4.78 is 1.93. The van der Waals surface area contributed by atoms with Crippen molar-refractivity contribution >= 4 is 0 Å². The molecule has 0 aliphatic heterocycles. The maximum absolute atomic E-state index is 4.25. The molecule has 17 heavy (non-hydrogen) atoms. The quantitative estimate of drug-likeness (QED) is 0.626. The van der Waals surface area contributed by atoms with Crippen LogP contribution in [0.1, 0.15) is 43.4 Å². The van der Waals surface area contributed by atoms with E-state index in [0.717, 1.165) is 13.1 Å². The predicted molar refractivity (Wildman–Crippen MR) is 70.8 cm³/mol. The van der Waals surface area contributed by atoms with Gasteiger partial charge in [0.05, 0.1) is 6.20 Å². The van der Waals surface area contributed by atoms with Crippen LogP contribution in [0.25, 0.3) is 0 Å². The monoisotopic (exact) mass is 233 g/mol. The molecule has 2 rings (SSSR count). The number of nitrogens with one attached hydrogen (secondary N) is 1. The molecule has 0 aromatic carbocycles. The molecule has 1 aliphatic rings. The van der Waals surface area contributed by atoms with Gasteiger partial charge in [0.2, 0.25) is 0 Å². The van der Waals surface area contributed by atoms with E-state index in [4.69, 9.17) is 0 Å². The van der Waals surface area contributed by atoms with Gasteiger partial charge in [-0.3, -0.25) is 4.68 Å². The molecule has 0 fully saturated rings. The molecule has 0 unspecified atom stereocenters. The Labute approximate surface area is 104 Å². The van der Waals surface area contributed by atoms with Crippen molar-refractivity contribution in [1.29, 1.82) is 0 Å². The van der Waals surface area contributed by atoms with Crippen LogP contribution in [0.4, 0.5) is 0 Å². The summed E-state index contributed by atoms with van der Waals surface area (Å²) in [6.07, 6.45) is 11.0. The molecular weight excluding hydrogens is 210 g/mol. The highest BCUT2D eigenvalue weighted by Gasteiger charge is 2.04. The fraction of sp³-hybridized carbons (Fsp3) is 0.643. The average Bonchev–Trinajstić information content (AvgIpc) is 2.67. The van der Waals surface area contributed by atoms with Gasteiger partial charge in [-0.25, -0.2) is 0 Å². The molecule has 0 saturated heterocycles. The number of aromatic nitrogens is 2. The van der Waals surface area contributed by atoms with Gasteiger partial charge < -0.3 is 5.32 Å². The number of rotatable bonds is 5. The molecule has 1 N–H and O–H groups in total. The molecule has 0 radical (unpaired) electrons. The molecule has 0 bridgehead atoms. The summed E-state index contributed by atoms with van der Waals surface area (Å²) >= 11 is 0. The van der Waals surface area contributed by atoms with Crippen LogP contribution in [0, 0.1) is 6.92 Å². The van der Waals surface area contributed by atoms with Gasteiger partial charge in [0.25, 0.3) is 0 Å². The Hall–Kier alpha value is -1.09. The summed E-state index contributed by atoms with van der Waals surface area (Å²) in [7, 11) is 1.99. The molecule has 94 valence electrons. The first-order valence-corrected chi connectivity index (χ1v) is 6.63. The predicted octanol–water partition coefficient (Wildman–Crippen LogP) is 2.71. The maximum Gasteiger partial charge on any atom is 0.0537 e. The standard InChI is InChI=1S/C14H23N3/c1-12-14(11-16-17(12)2)10-15-9-8-13-6-4-3-5-7-13/h6,11,15H,3-5,7-10H2,1-2H3. The van der Waals surface area contributed by atoms with Crippen LogP contribution < -0.4 is 5.32 Å². The second-order valence-electron chi connectivity index (χ2n) is 4.91. The third-order valence-corrected chi connectivity index (χ3v) is 3.66. The highest BCUT2D eigenvalue weighted by atomic mass is 15.3. The average molecular weight is 233 g/mol. The van der Waals surface area contributed by atoms with E-state index in [-0.39, 0.29) is 0 Å². The molecule has 1 aliphatic carbocycles. The summed E-state index contributed by atoms with van der Waals surface area (Å²) in [6, 6.07) is 0. The molecule has 3 heteroatoms. The lowest BCUT2D eigenvalue weighted by molar-refractivity contribution is 0.630. The highest BCUT2D eigenvalue weighted by Crippen LogP contribution is 2.19. The first-order chi connectivity index (χ1) is 8.27. The minimum absolute atomic E-state index is 0.937. The van der Waals surface area contributed by atoms with E-state index in [9.17, 15) is 0 Å². The van der Waals surface area contributed by atoms with E-state index in [0.29, 0.717) is 0 Å². The fourth-order valence-corrected chi connectivity index (χ4v) is 2.32. The van der Waals surface area contributed by atoms with Crippen LogP contribution in [0.15, 0.2) is 17.8 Å². The summed E-state index contributed by atoms with van der Waals surface area (Å²) in [5.41, 5.74) is 4.21. The van der Waals surface area contributed by atoms with Crippen LogP contribution in [0.2, 0.25) is 0 Å². The normalized spacial score (nSPS) is 16.0. The molecule has 1 heterocycles. The highest BCUT2D eigenvalue weighted by molar-refractivity contribution is 5.15. The van der Waals surface area contributed by atoms with Crippen LogP contribution in [0.5, 0.6) is 0 Å². The fourth-order valence-electron chi connectivity index (χ4n) is 2.32. The smallest absolute Gasteiger partial charge is 0.0537 e. The van der Waals surface area contributed by atoms with Gasteiger partial charge in [-0.15, -0.1) is 0 Å². The van der Waals surface area contributed by atoms with Crippen LogP contribution in [0.3, 0.4) is 0 Å². The van der Waals surface area contributed by atoms with Crippen molar-refractivity contribution in [2.75, 3.05) is 6.54 Å². The second kappa shape index (κ2) is 6.01. The van der Waals surface area contributed by atoms with Crippen molar-refractivity contribution in [3.63, 3.8) is 0 Å². The van der Waals surface area contributed by atoms with E-state index in [2.05, 4.69) is 23.4 Å². The lowest BCUT2D eigenvalue weighted by atomic mass is 9.97. The number of nitrogens with zero attached hydrogens (tertiary/aromatic N) is 2. The minimum Gasteiger partial charge on any atom is -0.312 e. The van der Waals surface area contributed by atoms with Crippen LogP contribution in [-0.2, 0) is 13.6 Å². The van der Waals surface area contributed by atoms with Gasteiger partial charge in [-0.2, -0.15) is 5.10 Å². The molecule has 1 aromatic rings. The molecule has 0 saturated carbocycles. The second-order valence-corrected chi connectivity index (χ2v) is 4.91. The van der Waals surface area contributed by atoms with Gasteiger partial charge in [0.15, 0.2) is 0 Å². The van der Waals surface area contributed by atoms with E-state index >= 15 is 0 Å². The van der Waals surface area contributed by atoms with E-state index in [1.807, 2.05) is 17.9 Å². The lowest BCUT2D eigenvalue weighted by Gasteiger charge is -2.12. The Bertz CT molecular complexity index is 390. The van der Waals surface area contributed by atoms with Gasteiger partial charge in [-0.05, 0) is 45.6 Å². The molecule has 0 amide bonds. The molecular formula is C14H23N3. The van der Waals surface area contributed by atoms with Crippen LogP contribution >= 0.6 is 0 Å². The van der Waals surface area contributed by atoms with Crippen molar-refractivity contribution in [3.05, 3.63) is 29.1 Å². The van der Waals surface area contributed by atoms with E-state index in [1.54, 1.807) is 5.57 Å². The zero-order valence-corrected chi connectivity index (χ0v) is 11.0. The first kappa shape index (κ1) is 12.4. The minimum atomic E-state index is 0.937. The molecule has 1 aromatic heterocycles. The SMILES string of the molecule is Cc1c(CNCCC2=CCCCC2)cnn1C. The Morgan fingerprint density at radius 1 is 1.41 bits per heavy atom. The van der Waals surface area contributed by atoms with Crippen molar-refractivity contribution in [1.82, 2.24) is 15.1 Å². The van der Waals surface area contributed by atoms with Crippen LogP contribution in [-0.4, -0.2) is 16.3 Å². The van der Waals surface area contributed by atoms with Crippen molar-refractivity contribution in [2.24, 2.45) is 7.05 Å². The Morgan fingerprint density at radius 2 is 2.29 bits per heavy atom. The summed E-state index contributed by atoms with van der Waals surface area (Å²) in [6.45, 7) is 4.14. The van der Waals surface area contributed by atoms with Crippen molar-refractivity contribution in [3.8, 4) is 0 Å². The third-order valence-electron chi connectivity index (χ3n) is 3.66. The third kappa shape index (κ3) is 3.43. The Balaban J connectivity index is 1.69. The number of hydrogen-bond donors (Lipinski definition) is 1. The summed E-state index contributed by atoms with van der Waals surface area (Å²) in [5.74, 6) is 0. The van der Waals surface area contributed by atoms with E-state index < -0.39 is 0 Å². The summed E-state index contributed by atoms with van der Waals surface area (Å²) in [5, 5.41) is 7.76. The molecule has 0 spiro atoms. The largest absolute Gasteiger partial charge is 0.312 e. The van der Waals surface area contributed by atoms with Gasteiger partial charge in [0, 0.05) is 24.8 Å². The summed E-state index contributed by atoms with van der Waals surface area (Å²) in [4.78, 5) is 0.